The maximum atomic E-state index is 12.9. The van der Waals surface area contributed by atoms with Gasteiger partial charge in [0.15, 0.2) is 0 Å². The number of likely N-dealkylation sites (tertiary alicyclic amines) is 1. The number of benzene rings is 1. The van der Waals surface area contributed by atoms with E-state index in [1.54, 1.807) is 0 Å². The molecule has 0 aliphatic carbocycles. The second kappa shape index (κ2) is 6.20. The Kier molecular flexibility index (Phi) is 3.90. The molecular formula is C18H17N3O2S. The molecule has 1 aliphatic heterocycles. The lowest BCUT2D eigenvalue weighted by atomic mass is 10.1. The van der Waals surface area contributed by atoms with Gasteiger partial charge in [0, 0.05) is 24.0 Å². The van der Waals surface area contributed by atoms with Crippen LogP contribution in [0.15, 0.2) is 46.8 Å². The molecule has 0 radical (unpaired) electrons. The first-order valence-corrected chi connectivity index (χ1v) is 8.92. The minimum absolute atomic E-state index is 0.00718. The van der Waals surface area contributed by atoms with Crippen LogP contribution in [-0.4, -0.2) is 33.4 Å². The zero-order valence-electron chi connectivity index (χ0n) is 13.1. The van der Waals surface area contributed by atoms with Gasteiger partial charge < -0.3 is 4.90 Å². The van der Waals surface area contributed by atoms with Crippen molar-refractivity contribution in [1.82, 2.24) is 14.5 Å². The van der Waals surface area contributed by atoms with E-state index in [0.29, 0.717) is 10.2 Å². The minimum Gasteiger partial charge on any atom is -0.341 e. The van der Waals surface area contributed by atoms with E-state index in [2.05, 4.69) is 4.98 Å². The number of fused-ring (bicyclic) bond motifs is 1. The molecule has 1 aromatic carbocycles. The number of carbonyl (C=O) groups is 1. The quantitative estimate of drug-likeness (QED) is 0.737. The Bertz CT molecular complexity index is 940. The van der Waals surface area contributed by atoms with Crippen molar-refractivity contribution in [2.45, 2.75) is 19.4 Å². The van der Waals surface area contributed by atoms with Gasteiger partial charge in [0.1, 0.15) is 11.4 Å². The van der Waals surface area contributed by atoms with E-state index in [1.807, 2.05) is 40.6 Å². The second-order valence-corrected chi connectivity index (χ2v) is 6.82. The monoisotopic (exact) mass is 339 g/mol. The molecule has 1 amide bonds. The zero-order valence-corrected chi connectivity index (χ0v) is 14.0. The summed E-state index contributed by atoms with van der Waals surface area (Å²) in [5.74, 6) is -0.00718. The predicted octanol–water partition coefficient (Wildman–Crippen LogP) is 2.75. The fourth-order valence-corrected chi connectivity index (χ4v) is 4.03. The first kappa shape index (κ1) is 15.1. The fraction of sp³-hybridized carbons (Fsp3) is 0.278. The normalized spacial score (nSPS) is 14.4. The van der Waals surface area contributed by atoms with Crippen molar-refractivity contribution in [1.29, 1.82) is 0 Å². The summed E-state index contributed by atoms with van der Waals surface area (Å²) in [5.41, 5.74) is 1.73. The Morgan fingerprint density at radius 1 is 1.17 bits per heavy atom. The molecule has 122 valence electrons. The van der Waals surface area contributed by atoms with Crippen LogP contribution in [0.2, 0.25) is 0 Å². The maximum Gasteiger partial charge on any atom is 0.263 e. The molecule has 0 atom stereocenters. The molecule has 1 fully saturated rings. The van der Waals surface area contributed by atoms with Crippen molar-refractivity contribution in [2.75, 3.05) is 13.1 Å². The van der Waals surface area contributed by atoms with Gasteiger partial charge in [-0.05, 0) is 18.4 Å². The third-order valence-electron chi connectivity index (χ3n) is 4.41. The Hall–Kier alpha value is -2.47. The largest absolute Gasteiger partial charge is 0.341 e. The van der Waals surface area contributed by atoms with Crippen LogP contribution in [0.25, 0.3) is 21.3 Å². The van der Waals surface area contributed by atoms with Crippen molar-refractivity contribution in [3.63, 3.8) is 0 Å². The van der Waals surface area contributed by atoms with Gasteiger partial charge in [0.2, 0.25) is 5.91 Å². The number of rotatable bonds is 3. The summed E-state index contributed by atoms with van der Waals surface area (Å²) in [6, 6.07) is 9.81. The first-order chi connectivity index (χ1) is 11.7. The molecule has 0 N–H and O–H groups in total. The van der Waals surface area contributed by atoms with Crippen LogP contribution in [0.5, 0.6) is 0 Å². The van der Waals surface area contributed by atoms with Crippen LogP contribution < -0.4 is 5.56 Å². The highest BCUT2D eigenvalue weighted by molar-refractivity contribution is 7.17. The summed E-state index contributed by atoms with van der Waals surface area (Å²) in [5, 5.41) is 2.56. The van der Waals surface area contributed by atoms with E-state index < -0.39 is 0 Å². The van der Waals surface area contributed by atoms with Crippen LogP contribution in [0.1, 0.15) is 12.8 Å². The van der Waals surface area contributed by atoms with Crippen molar-refractivity contribution < 1.29 is 4.79 Å². The zero-order chi connectivity index (χ0) is 16.5. The van der Waals surface area contributed by atoms with Gasteiger partial charge >= 0.3 is 0 Å². The lowest BCUT2D eigenvalue weighted by molar-refractivity contribution is -0.130. The molecule has 6 heteroatoms. The average Bonchev–Trinajstić information content (AvgIpc) is 3.28. The van der Waals surface area contributed by atoms with Crippen molar-refractivity contribution in [3.05, 3.63) is 52.4 Å². The molecule has 2 aromatic heterocycles. The number of thiophene rings is 1. The van der Waals surface area contributed by atoms with Crippen molar-refractivity contribution >= 4 is 27.5 Å². The number of carbonyl (C=O) groups excluding carboxylic acids is 1. The van der Waals surface area contributed by atoms with Crippen molar-refractivity contribution in [3.8, 4) is 11.1 Å². The third kappa shape index (κ3) is 2.63. The highest BCUT2D eigenvalue weighted by Gasteiger charge is 2.20. The van der Waals surface area contributed by atoms with Crippen LogP contribution in [0.3, 0.4) is 0 Å². The van der Waals surface area contributed by atoms with E-state index >= 15 is 0 Å². The number of hydrogen-bond donors (Lipinski definition) is 0. The van der Waals surface area contributed by atoms with Crippen LogP contribution in [-0.2, 0) is 11.3 Å². The molecule has 3 aromatic rings. The summed E-state index contributed by atoms with van der Waals surface area (Å²) in [6.07, 6.45) is 3.57. The number of aromatic nitrogens is 2. The number of amides is 1. The van der Waals surface area contributed by atoms with Gasteiger partial charge in [0.25, 0.3) is 5.56 Å². The van der Waals surface area contributed by atoms with Gasteiger partial charge in [-0.3, -0.25) is 14.2 Å². The fourth-order valence-electron chi connectivity index (χ4n) is 3.12. The molecule has 0 saturated carbocycles. The van der Waals surface area contributed by atoms with E-state index in [0.717, 1.165) is 37.1 Å². The maximum absolute atomic E-state index is 12.9. The van der Waals surface area contributed by atoms with Gasteiger partial charge in [0.05, 0.1) is 11.7 Å². The predicted molar refractivity (Wildman–Crippen MR) is 95.1 cm³/mol. The van der Waals surface area contributed by atoms with E-state index in [1.165, 1.54) is 22.2 Å². The van der Waals surface area contributed by atoms with E-state index in [9.17, 15) is 9.59 Å². The highest BCUT2D eigenvalue weighted by atomic mass is 32.1. The Morgan fingerprint density at radius 2 is 1.92 bits per heavy atom. The molecular weight excluding hydrogens is 322 g/mol. The summed E-state index contributed by atoms with van der Waals surface area (Å²) in [6.45, 7) is 1.64. The summed E-state index contributed by atoms with van der Waals surface area (Å²) >= 11 is 1.46. The summed E-state index contributed by atoms with van der Waals surface area (Å²) in [7, 11) is 0. The molecule has 24 heavy (non-hydrogen) atoms. The lowest BCUT2D eigenvalue weighted by Gasteiger charge is -2.15. The van der Waals surface area contributed by atoms with Crippen LogP contribution >= 0.6 is 11.3 Å². The lowest BCUT2D eigenvalue weighted by Crippen LogP contribution is -2.34. The third-order valence-corrected chi connectivity index (χ3v) is 5.30. The molecule has 4 rings (SSSR count). The Labute approximate surface area is 143 Å². The molecule has 1 aliphatic rings. The SMILES string of the molecule is O=C(Cn1cnc2scc(-c3ccccc3)c2c1=O)N1CCCC1. The average molecular weight is 339 g/mol. The first-order valence-electron chi connectivity index (χ1n) is 8.04. The number of nitrogens with zero attached hydrogens (tertiary/aromatic N) is 3. The standard InChI is InChI=1S/C18H17N3O2S/c22-15(20-8-4-5-9-20)10-21-12-19-17-16(18(21)23)14(11-24-17)13-6-2-1-3-7-13/h1-3,6-7,11-12H,4-5,8-10H2. The van der Waals surface area contributed by atoms with Crippen LogP contribution in [0, 0.1) is 0 Å². The Balaban J connectivity index is 1.74. The second-order valence-electron chi connectivity index (χ2n) is 5.96. The molecule has 0 unspecified atom stereocenters. The molecule has 5 nitrogen and oxygen atoms in total. The molecule has 3 heterocycles. The van der Waals surface area contributed by atoms with E-state index in [-0.39, 0.29) is 18.0 Å². The number of hydrogen-bond acceptors (Lipinski definition) is 4. The topological polar surface area (TPSA) is 55.2 Å². The summed E-state index contributed by atoms with van der Waals surface area (Å²) < 4.78 is 1.43. The van der Waals surface area contributed by atoms with Crippen LogP contribution in [0.4, 0.5) is 0 Å². The minimum atomic E-state index is -0.146. The van der Waals surface area contributed by atoms with Gasteiger partial charge in [-0.2, -0.15) is 0 Å². The van der Waals surface area contributed by atoms with Gasteiger partial charge in [-0.25, -0.2) is 4.98 Å². The van der Waals surface area contributed by atoms with Crippen molar-refractivity contribution in [2.24, 2.45) is 0 Å². The van der Waals surface area contributed by atoms with Gasteiger partial charge in [-0.15, -0.1) is 11.3 Å². The highest BCUT2D eigenvalue weighted by Crippen LogP contribution is 2.30. The molecule has 0 spiro atoms. The Morgan fingerprint density at radius 3 is 2.67 bits per heavy atom. The molecule has 1 saturated heterocycles. The smallest absolute Gasteiger partial charge is 0.263 e. The van der Waals surface area contributed by atoms with E-state index in [4.69, 9.17) is 0 Å². The molecule has 0 bridgehead atoms. The van der Waals surface area contributed by atoms with Gasteiger partial charge in [-0.1, -0.05) is 30.3 Å². The summed E-state index contributed by atoms with van der Waals surface area (Å²) in [4.78, 5) is 32.1.